The summed E-state index contributed by atoms with van der Waals surface area (Å²) in [7, 11) is -2.80. The normalized spacial score (nSPS) is 18.4. The Hall–Kier alpha value is -3.63. The average Bonchev–Trinajstić information content (AvgIpc) is 2.88. The smallest absolute Gasteiger partial charge is 0.259 e. The summed E-state index contributed by atoms with van der Waals surface area (Å²) < 4.78 is 23.1. The molecule has 4 aromatic rings. The summed E-state index contributed by atoms with van der Waals surface area (Å²) >= 11 is 0. The number of aryl methyl sites for hydroxylation is 2. The van der Waals surface area contributed by atoms with Crippen LogP contribution in [0.3, 0.4) is 0 Å². The van der Waals surface area contributed by atoms with Gasteiger partial charge in [-0.2, -0.15) is 0 Å². The summed E-state index contributed by atoms with van der Waals surface area (Å²) in [6.45, 7) is 5.81. The molecular formula is C28H30N6O3S. The first kappa shape index (κ1) is 24.7. The number of hydrogen-bond donors (Lipinski definition) is 2. The maximum atomic E-state index is 12.7. The second-order valence-electron chi connectivity index (χ2n) is 10.4. The lowest BCUT2D eigenvalue weighted by atomic mass is 9.86. The van der Waals surface area contributed by atoms with Crippen LogP contribution >= 0.6 is 0 Å². The van der Waals surface area contributed by atoms with E-state index in [2.05, 4.69) is 44.2 Å². The van der Waals surface area contributed by atoms with E-state index in [4.69, 9.17) is 4.98 Å². The molecule has 0 unspecified atom stereocenters. The molecule has 0 bridgehead atoms. The molecular weight excluding hydrogens is 500 g/mol. The van der Waals surface area contributed by atoms with Crippen molar-refractivity contribution >= 4 is 32.1 Å². The van der Waals surface area contributed by atoms with Crippen molar-refractivity contribution in [2.75, 3.05) is 29.9 Å². The fourth-order valence-corrected chi connectivity index (χ4v) is 7.15. The van der Waals surface area contributed by atoms with Gasteiger partial charge < -0.3 is 10.3 Å². The van der Waals surface area contributed by atoms with Gasteiger partial charge >= 0.3 is 0 Å². The number of likely N-dealkylation sites (tertiary alicyclic amines) is 1. The monoisotopic (exact) mass is 530 g/mol. The van der Waals surface area contributed by atoms with E-state index in [-0.39, 0.29) is 11.6 Å². The summed E-state index contributed by atoms with van der Waals surface area (Å²) in [5.41, 5.74) is 4.61. The Kier molecular flexibility index (Phi) is 6.23. The van der Waals surface area contributed by atoms with E-state index in [0.29, 0.717) is 40.1 Å². The molecule has 2 fully saturated rings. The molecule has 196 valence electrons. The molecule has 0 amide bonds. The number of piperidine rings is 1. The first-order valence-electron chi connectivity index (χ1n) is 12.9. The van der Waals surface area contributed by atoms with E-state index >= 15 is 0 Å². The number of hydrogen-bond acceptors (Lipinski definition) is 8. The van der Waals surface area contributed by atoms with Gasteiger partial charge in [0.2, 0.25) is 0 Å². The fraction of sp³-hybridized carbons (Fsp3) is 0.357. The highest BCUT2D eigenvalue weighted by Crippen LogP contribution is 2.34. The number of fused-ring (bicyclic) bond motifs is 1. The molecule has 6 rings (SSSR count). The largest absolute Gasteiger partial charge is 0.340 e. The molecule has 2 aliphatic heterocycles. The van der Waals surface area contributed by atoms with Crippen LogP contribution in [0, 0.1) is 13.8 Å². The molecule has 2 saturated heterocycles. The maximum Gasteiger partial charge on any atom is 0.259 e. The zero-order valence-electron chi connectivity index (χ0n) is 21.4. The molecule has 0 radical (unpaired) electrons. The first-order chi connectivity index (χ1) is 18.3. The van der Waals surface area contributed by atoms with Crippen molar-refractivity contribution in [3.8, 4) is 11.3 Å². The highest BCUT2D eigenvalue weighted by molar-refractivity contribution is 7.92. The van der Waals surface area contributed by atoms with E-state index < -0.39 is 9.84 Å². The fourth-order valence-electron chi connectivity index (χ4n) is 5.65. The van der Waals surface area contributed by atoms with Crippen molar-refractivity contribution in [3.63, 3.8) is 0 Å². The molecule has 10 heteroatoms. The number of aromatic amines is 1. The molecule has 1 aromatic carbocycles. The second kappa shape index (κ2) is 9.59. The standard InChI is InChI=1S/C28H30N6O3S/c1-17-11-22(3-4-24(17)19-6-9-34(10-7-19)23-15-38(36,37)16-23)32-27-26-20(5-8-29-28(26)35)12-25(33-27)21-13-30-18(2)31-14-21/h3-5,8,11-14,19,23H,6-7,9-10,15-16H2,1-2H3,(H,29,35)(H,32,33). The Labute approximate surface area is 221 Å². The van der Waals surface area contributed by atoms with Crippen LogP contribution in [0.4, 0.5) is 11.5 Å². The van der Waals surface area contributed by atoms with Crippen molar-refractivity contribution in [2.45, 2.75) is 38.6 Å². The number of sulfone groups is 1. The molecule has 2 N–H and O–H groups in total. The Bertz CT molecular complexity index is 1660. The van der Waals surface area contributed by atoms with E-state index in [9.17, 15) is 13.2 Å². The van der Waals surface area contributed by atoms with Gasteiger partial charge in [-0.3, -0.25) is 9.69 Å². The number of nitrogens with zero attached hydrogens (tertiary/aromatic N) is 4. The Balaban J connectivity index is 1.24. The Morgan fingerprint density at radius 1 is 1.03 bits per heavy atom. The molecule has 0 atom stereocenters. The van der Waals surface area contributed by atoms with E-state index in [1.165, 1.54) is 11.1 Å². The van der Waals surface area contributed by atoms with Gasteiger partial charge in [-0.05, 0) is 86.5 Å². The van der Waals surface area contributed by atoms with Gasteiger partial charge in [0.1, 0.15) is 11.6 Å². The average molecular weight is 531 g/mol. The molecule has 2 aliphatic rings. The summed E-state index contributed by atoms with van der Waals surface area (Å²) in [4.78, 5) is 31.2. The van der Waals surface area contributed by atoms with Crippen LogP contribution in [-0.2, 0) is 9.84 Å². The number of pyridine rings is 2. The lowest BCUT2D eigenvalue weighted by molar-refractivity contribution is 0.166. The number of rotatable bonds is 5. The highest BCUT2D eigenvalue weighted by atomic mass is 32.2. The van der Waals surface area contributed by atoms with Crippen LogP contribution in [0.15, 0.2) is 53.7 Å². The predicted molar refractivity (Wildman–Crippen MR) is 149 cm³/mol. The molecule has 38 heavy (non-hydrogen) atoms. The van der Waals surface area contributed by atoms with Gasteiger partial charge in [0.05, 0.1) is 22.6 Å². The minimum absolute atomic E-state index is 0.196. The molecule has 5 heterocycles. The van der Waals surface area contributed by atoms with Crippen LogP contribution in [0.2, 0.25) is 0 Å². The lowest BCUT2D eigenvalue weighted by Crippen LogP contribution is -2.55. The third-order valence-corrected chi connectivity index (χ3v) is 9.53. The van der Waals surface area contributed by atoms with Crippen LogP contribution in [0.1, 0.15) is 35.7 Å². The van der Waals surface area contributed by atoms with Gasteiger partial charge in [0.15, 0.2) is 9.84 Å². The zero-order chi connectivity index (χ0) is 26.4. The molecule has 0 aliphatic carbocycles. The lowest BCUT2D eigenvalue weighted by Gasteiger charge is -2.41. The van der Waals surface area contributed by atoms with Crippen LogP contribution < -0.4 is 10.9 Å². The maximum absolute atomic E-state index is 12.7. The first-order valence-corrected chi connectivity index (χ1v) is 14.7. The van der Waals surface area contributed by atoms with Gasteiger partial charge in [-0.1, -0.05) is 6.07 Å². The van der Waals surface area contributed by atoms with Gasteiger partial charge in [-0.15, -0.1) is 0 Å². The molecule has 0 spiro atoms. The minimum Gasteiger partial charge on any atom is -0.340 e. The van der Waals surface area contributed by atoms with Crippen LogP contribution in [-0.4, -0.2) is 63.9 Å². The van der Waals surface area contributed by atoms with E-state index in [0.717, 1.165) is 42.6 Å². The van der Waals surface area contributed by atoms with Gasteiger partial charge in [-0.25, -0.2) is 23.4 Å². The van der Waals surface area contributed by atoms with Crippen molar-refractivity contribution in [2.24, 2.45) is 0 Å². The Morgan fingerprint density at radius 2 is 1.76 bits per heavy atom. The van der Waals surface area contributed by atoms with E-state index in [1.807, 2.05) is 25.1 Å². The highest BCUT2D eigenvalue weighted by Gasteiger charge is 2.39. The summed E-state index contributed by atoms with van der Waals surface area (Å²) in [6.07, 6.45) is 7.15. The van der Waals surface area contributed by atoms with Crippen molar-refractivity contribution < 1.29 is 8.42 Å². The van der Waals surface area contributed by atoms with E-state index in [1.54, 1.807) is 18.6 Å². The van der Waals surface area contributed by atoms with Gasteiger partial charge in [0.25, 0.3) is 5.56 Å². The third kappa shape index (κ3) is 4.81. The van der Waals surface area contributed by atoms with Crippen molar-refractivity contribution in [3.05, 3.63) is 76.2 Å². The van der Waals surface area contributed by atoms with Gasteiger partial charge in [0, 0.05) is 35.9 Å². The molecule has 3 aromatic heterocycles. The SMILES string of the molecule is Cc1ncc(-c2cc3cc[nH]c(=O)c3c(Nc3ccc(C4CCN(C5CS(=O)(=O)C5)CC4)c(C)c3)n2)cn1. The quantitative estimate of drug-likeness (QED) is 0.401. The van der Waals surface area contributed by atoms with Crippen molar-refractivity contribution in [1.82, 2.24) is 24.8 Å². The van der Waals surface area contributed by atoms with Crippen molar-refractivity contribution in [1.29, 1.82) is 0 Å². The second-order valence-corrected chi connectivity index (χ2v) is 12.5. The number of aromatic nitrogens is 4. The number of anilines is 2. The number of nitrogens with one attached hydrogen (secondary N) is 2. The summed E-state index contributed by atoms with van der Waals surface area (Å²) in [6, 6.07) is 10.2. The third-order valence-electron chi connectivity index (χ3n) is 7.74. The minimum atomic E-state index is -2.80. The zero-order valence-corrected chi connectivity index (χ0v) is 22.3. The van der Waals surface area contributed by atoms with Crippen LogP contribution in [0.5, 0.6) is 0 Å². The topological polar surface area (TPSA) is 121 Å². The number of benzene rings is 1. The molecule has 0 saturated carbocycles. The summed E-state index contributed by atoms with van der Waals surface area (Å²) in [5, 5.41) is 4.66. The molecule has 9 nitrogen and oxygen atoms in total. The van der Waals surface area contributed by atoms with Crippen LogP contribution in [0.25, 0.3) is 22.0 Å². The Morgan fingerprint density at radius 3 is 2.45 bits per heavy atom. The number of H-pyrrole nitrogens is 1. The summed E-state index contributed by atoms with van der Waals surface area (Å²) in [5.74, 6) is 2.22. The predicted octanol–water partition coefficient (Wildman–Crippen LogP) is 3.72.